The molecule has 1 N–H and O–H groups in total. The van der Waals surface area contributed by atoms with Gasteiger partial charge in [0.2, 0.25) is 0 Å². The van der Waals surface area contributed by atoms with Crippen molar-refractivity contribution >= 4 is 11.5 Å². The average molecular weight is 240 g/mol. The second-order valence-electron chi connectivity index (χ2n) is 3.66. The predicted octanol–water partition coefficient (Wildman–Crippen LogP) is 2.24. The lowest BCUT2D eigenvalue weighted by atomic mass is 10.2. The van der Waals surface area contributed by atoms with E-state index in [0.717, 1.165) is 11.3 Å². The van der Waals surface area contributed by atoms with Crippen LogP contribution in [0.1, 0.15) is 11.3 Å². The van der Waals surface area contributed by atoms with E-state index in [1.807, 2.05) is 30.3 Å². The van der Waals surface area contributed by atoms with Gasteiger partial charge in [0.05, 0.1) is 19.0 Å². The summed E-state index contributed by atoms with van der Waals surface area (Å²) in [4.78, 5) is 8.03. The molecule has 1 heterocycles. The minimum atomic E-state index is 0.285. The SMILES string of the molecule is COCc1cccc(Nc2cncc(C#N)n2)c1. The summed E-state index contributed by atoms with van der Waals surface area (Å²) in [5, 5.41) is 11.8. The molecule has 5 nitrogen and oxygen atoms in total. The Labute approximate surface area is 105 Å². The molecule has 0 saturated carbocycles. The van der Waals surface area contributed by atoms with Gasteiger partial charge in [-0.15, -0.1) is 0 Å². The maximum Gasteiger partial charge on any atom is 0.161 e. The molecule has 90 valence electrons. The predicted molar refractivity (Wildman–Crippen MR) is 67.2 cm³/mol. The van der Waals surface area contributed by atoms with Crippen molar-refractivity contribution in [3.05, 3.63) is 47.9 Å². The Morgan fingerprint density at radius 1 is 1.39 bits per heavy atom. The van der Waals surface area contributed by atoms with E-state index in [4.69, 9.17) is 10.00 Å². The van der Waals surface area contributed by atoms with Crippen LogP contribution in [0.3, 0.4) is 0 Å². The van der Waals surface area contributed by atoms with Gasteiger partial charge in [-0.25, -0.2) is 4.98 Å². The van der Waals surface area contributed by atoms with Crippen LogP contribution in [-0.4, -0.2) is 17.1 Å². The molecule has 0 aliphatic carbocycles. The van der Waals surface area contributed by atoms with Crippen molar-refractivity contribution in [3.8, 4) is 6.07 Å². The Morgan fingerprint density at radius 3 is 3.06 bits per heavy atom. The molecule has 5 heteroatoms. The molecule has 0 aliphatic heterocycles. The summed E-state index contributed by atoms with van der Waals surface area (Å²) in [5.41, 5.74) is 2.23. The van der Waals surface area contributed by atoms with Gasteiger partial charge in [-0.2, -0.15) is 5.26 Å². The Bertz CT molecular complexity index is 577. The maximum absolute atomic E-state index is 8.75. The molecule has 0 unspecified atom stereocenters. The summed E-state index contributed by atoms with van der Waals surface area (Å²) in [5.74, 6) is 0.545. The van der Waals surface area contributed by atoms with Crippen molar-refractivity contribution < 1.29 is 4.74 Å². The second-order valence-corrected chi connectivity index (χ2v) is 3.66. The van der Waals surface area contributed by atoms with E-state index in [9.17, 15) is 0 Å². The highest BCUT2D eigenvalue weighted by atomic mass is 16.5. The van der Waals surface area contributed by atoms with Gasteiger partial charge in [0.25, 0.3) is 0 Å². The Balaban J connectivity index is 2.18. The zero-order valence-corrected chi connectivity index (χ0v) is 9.92. The average Bonchev–Trinajstić information content (AvgIpc) is 2.40. The van der Waals surface area contributed by atoms with Gasteiger partial charge < -0.3 is 10.1 Å². The molecule has 0 radical (unpaired) electrons. The van der Waals surface area contributed by atoms with E-state index >= 15 is 0 Å². The fraction of sp³-hybridized carbons (Fsp3) is 0.154. The van der Waals surface area contributed by atoms with Crippen LogP contribution in [0.4, 0.5) is 11.5 Å². The first-order valence-electron chi connectivity index (χ1n) is 5.39. The fourth-order valence-corrected chi connectivity index (χ4v) is 1.53. The third-order valence-corrected chi connectivity index (χ3v) is 2.26. The monoisotopic (exact) mass is 240 g/mol. The van der Waals surface area contributed by atoms with Crippen LogP contribution in [0.5, 0.6) is 0 Å². The highest BCUT2D eigenvalue weighted by molar-refractivity contribution is 5.56. The fourth-order valence-electron chi connectivity index (χ4n) is 1.53. The maximum atomic E-state index is 8.75. The topological polar surface area (TPSA) is 70.8 Å². The summed E-state index contributed by atoms with van der Waals surface area (Å²) >= 11 is 0. The quantitative estimate of drug-likeness (QED) is 0.887. The Hall–Kier alpha value is -2.45. The number of ether oxygens (including phenoxy) is 1. The standard InChI is InChI=1S/C13H12N4O/c1-18-9-10-3-2-4-11(5-10)16-13-8-15-7-12(6-14)17-13/h2-5,7-8H,9H2,1H3,(H,16,17). The summed E-state index contributed by atoms with van der Waals surface area (Å²) in [6.07, 6.45) is 3.00. The van der Waals surface area contributed by atoms with Crippen LogP contribution in [0.2, 0.25) is 0 Å². The summed E-state index contributed by atoms with van der Waals surface area (Å²) in [6, 6.07) is 9.74. The van der Waals surface area contributed by atoms with Crippen molar-refractivity contribution in [2.24, 2.45) is 0 Å². The minimum Gasteiger partial charge on any atom is -0.380 e. The van der Waals surface area contributed by atoms with E-state index in [2.05, 4.69) is 15.3 Å². The number of hydrogen-bond donors (Lipinski definition) is 1. The molecule has 0 atom stereocenters. The van der Waals surface area contributed by atoms with Crippen LogP contribution >= 0.6 is 0 Å². The number of nitrogens with zero attached hydrogens (tertiary/aromatic N) is 3. The van der Waals surface area contributed by atoms with Gasteiger partial charge in [-0.05, 0) is 17.7 Å². The van der Waals surface area contributed by atoms with Gasteiger partial charge in [0, 0.05) is 12.8 Å². The van der Waals surface area contributed by atoms with Gasteiger partial charge in [0.15, 0.2) is 5.69 Å². The molecule has 0 spiro atoms. The highest BCUT2D eigenvalue weighted by Crippen LogP contribution is 2.16. The van der Waals surface area contributed by atoms with Crippen molar-refractivity contribution in [3.63, 3.8) is 0 Å². The number of methoxy groups -OCH3 is 1. The van der Waals surface area contributed by atoms with E-state index in [1.165, 1.54) is 6.20 Å². The molecule has 1 aromatic carbocycles. The first kappa shape index (κ1) is 12.0. The van der Waals surface area contributed by atoms with Crippen LogP contribution in [-0.2, 0) is 11.3 Å². The van der Waals surface area contributed by atoms with E-state index in [-0.39, 0.29) is 5.69 Å². The molecule has 18 heavy (non-hydrogen) atoms. The van der Waals surface area contributed by atoms with Gasteiger partial charge in [-0.3, -0.25) is 4.98 Å². The Morgan fingerprint density at radius 2 is 2.28 bits per heavy atom. The molecule has 2 aromatic rings. The number of hydrogen-bond acceptors (Lipinski definition) is 5. The zero-order chi connectivity index (χ0) is 12.8. The molecule has 0 amide bonds. The lowest BCUT2D eigenvalue weighted by Gasteiger charge is -2.07. The van der Waals surface area contributed by atoms with Crippen molar-refractivity contribution in [2.75, 3.05) is 12.4 Å². The third-order valence-electron chi connectivity index (χ3n) is 2.26. The van der Waals surface area contributed by atoms with Gasteiger partial charge in [-0.1, -0.05) is 12.1 Å². The minimum absolute atomic E-state index is 0.285. The second kappa shape index (κ2) is 5.75. The normalized spacial score (nSPS) is 9.78. The first-order valence-corrected chi connectivity index (χ1v) is 5.39. The molecule has 2 rings (SSSR count). The molecule has 0 saturated heterocycles. The molecule has 0 aliphatic rings. The number of aromatic nitrogens is 2. The number of nitriles is 1. The third kappa shape index (κ3) is 3.03. The van der Waals surface area contributed by atoms with E-state index in [1.54, 1.807) is 13.3 Å². The molecule has 0 fully saturated rings. The largest absolute Gasteiger partial charge is 0.380 e. The van der Waals surface area contributed by atoms with Crippen LogP contribution in [0.25, 0.3) is 0 Å². The van der Waals surface area contributed by atoms with Crippen molar-refractivity contribution in [1.82, 2.24) is 9.97 Å². The van der Waals surface area contributed by atoms with Gasteiger partial charge in [0.1, 0.15) is 11.9 Å². The van der Waals surface area contributed by atoms with Crippen molar-refractivity contribution in [2.45, 2.75) is 6.61 Å². The van der Waals surface area contributed by atoms with Crippen LogP contribution < -0.4 is 5.32 Å². The highest BCUT2D eigenvalue weighted by Gasteiger charge is 2.00. The summed E-state index contributed by atoms with van der Waals surface area (Å²) in [7, 11) is 1.65. The summed E-state index contributed by atoms with van der Waals surface area (Å²) < 4.78 is 5.07. The van der Waals surface area contributed by atoms with Crippen molar-refractivity contribution in [1.29, 1.82) is 5.26 Å². The molecular formula is C13H12N4O. The molecule has 1 aromatic heterocycles. The summed E-state index contributed by atoms with van der Waals surface area (Å²) in [6.45, 7) is 0.555. The number of benzene rings is 1. The Kier molecular flexibility index (Phi) is 3.84. The van der Waals surface area contributed by atoms with E-state index in [0.29, 0.717) is 12.4 Å². The smallest absolute Gasteiger partial charge is 0.161 e. The first-order chi connectivity index (χ1) is 8.81. The molecular weight excluding hydrogens is 228 g/mol. The zero-order valence-electron chi connectivity index (χ0n) is 9.92. The van der Waals surface area contributed by atoms with E-state index < -0.39 is 0 Å². The number of rotatable bonds is 4. The number of anilines is 2. The number of nitrogens with one attached hydrogen (secondary N) is 1. The van der Waals surface area contributed by atoms with Crippen LogP contribution in [0, 0.1) is 11.3 Å². The lowest BCUT2D eigenvalue weighted by molar-refractivity contribution is 0.185. The molecule has 0 bridgehead atoms. The lowest BCUT2D eigenvalue weighted by Crippen LogP contribution is -1.97. The van der Waals surface area contributed by atoms with Crippen LogP contribution in [0.15, 0.2) is 36.7 Å². The van der Waals surface area contributed by atoms with Gasteiger partial charge >= 0.3 is 0 Å².